The summed E-state index contributed by atoms with van der Waals surface area (Å²) in [6.45, 7) is 3.01. The van der Waals surface area contributed by atoms with Crippen LogP contribution < -0.4 is 14.2 Å². The molecule has 0 heterocycles. The van der Waals surface area contributed by atoms with Gasteiger partial charge in [-0.3, -0.25) is 0 Å². The van der Waals surface area contributed by atoms with Crippen LogP contribution in [0.1, 0.15) is 76.7 Å². The van der Waals surface area contributed by atoms with E-state index in [4.69, 9.17) is 14.2 Å². The highest BCUT2D eigenvalue weighted by Crippen LogP contribution is 2.18. The Morgan fingerprint density at radius 3 is 1.84 bits per heavy atom. The van der Waals surface area contributed by atoms with Gasteiger partial charge in [-0.05, 0) is 54.5 Å². The second-order valence-electron chi connectivity index (χ2n) is 8.03. The third-order valence-corrected chi connectivity index (χ3v) is 5.34. The van der Waals surface area contributed by atoms with Crippen molar-refractivity contribution in [2.24, 2.45) is 0 Å². The number of carbonyl (C=O) groups excluding carboxylic acids is 1. The highest BCUT2D eigenvalue weighted by molar-refractivity contribution is 5.88. The summed E-state index contributed by atoms with van der Waals surface area (Å²) in [5.74, 6) is 1.64. The number of esters is 1. The third-order valence-electron chi connectivity index (χ3n) is 5.34. The Balaban J connectivity index is 1.57. The Hall–Kier alpha value is -2.75. The molecule has 0 bridgehead atoms. The average molecular weight is 439 g/mol. The van der Waals surface area contributed by atoms with Crippen LogP contribution in [0, 0.1) is 0 Å². The summed E-state index contributed by atoms with van der Waals surface area (Å²) in [4.78, 5) is 12.0. The van der Waals surface area contributed by atoms with E-state index in [1.54, 1.807) is 37.5 Å². The molecule has 0 amide bonds. The second kappa shape index (κ2) is 16.0. The van der Waals surface area contributed by atoms with Crippen LogP contribution in [0.2, 0.25) is 0 Å². The molecule has 0 aromatic heterocycles. The van der Waals surface area contributed by atoms with E-state index < -0.39 is 5.97 Å². The lowest BCUT2D eigenvalue weighted by molar-refractivity contribution is -0.128. The monoisotopic (exact) mass is 438 g/mol. The zero-order valence-electron chi connectivity index (χ0n) is 19.7. The summed E-state index contributed by atoms with van der Waals surface area (Å²) in [5, 5.41) is 0. The molecule has 0 atom stereocenters. The summed E-state index contributed by atoms with van der Waals surface area (Å²) in [6.07, 6.45) is 16.4. The highest BCUT2D eigenvalue weighted by atomic mass is 16.5. The second-order valence-corrected chi connectivity index (χ2v) is 8.03. The Morgan fingerprint density at radius 2 is 1.25 bits per heavy atom. The molecular formula is C28H38O4. The molecule has 0 aliphatic heterocycles. The van der Waals surface area contributed by atoms with Gasteiger partial charge in [-0.1, -0.05) is 76.8 Å². The van der Waals surface area contributed by atoms with Crippen molar-refractivity contribution in [1.29, 1.82) is 0 Å². The first-order valence-electron chi connectivity index (χ1n) is 12.0. The van der Waals surface area contributed by atoms with Crippen LogP contribution in [0.15, 0.2) is 54.6 Å². The van der Waals surface area contributed by atoms with Crippen LogP contribution in [0.4, 0.5) is 0 Å². The number of benzene rings is 2. The van der Waals surface area contributed by atoms with Crippen molar-refractivity contribution in [3.63, 3.8) is 0 Å². The van der Waals surface area contributed by atoms with E-state index in [-0.39, 0.29) is 0 Å². The molecule has 0 N–H and O–H groups in total. The molecule has 174 valence electrons. The van der Waals surface area contributed by atoms with Crippen LogP contribution in [0.25, 0.3) is 6.08 Å². The zero-order valence-corrected chi connectivity index (χ0v) is 19.7. The van der Waals surface area contributed by atoms with E-state index in [1.807, 2.05) is 24.3 Å². The maximum Gasteiger partial charge on any atom is 0.336 e. The van der Waals surface area contributed by atoms with Crippen LogP contribution >= 0.6 is 0 Å². The number of unbranched alkanes of at least 4 members (excludes halogenated alkanes) is 9. The first-order valence-corrected chi connectivity index (χ1v) is 12.0. The number of carbonyl (C=O) groups is 1. The molecule has 32 heavy (non-hydrogen) atoms. The Labute approximate surface area is 193 Å². The minimum atomic E-state index is -0.420. The van der Waals surface area contributed by atoms with Crippen molar-refractivity contribution in [3.8, 4) is 17.2 Å². The van der Waals surface area contributed by atoms with E-state index in [9.17, 15) is 4.79 Å². The quantitative estimate of drug-likeness (QED) is 0.117. The van der Waals surface area contributed by atoms with Gasteiger partial charge in [-0.15, -0.1) is 0 Å². The Kier molecular flexibility index (Phi) is 12.7. The number of hydrogen-bond acceptors (Lipinski definition) is 4. The summed E-state index contributed by atoms with van der Waals surface area (Å²) < 4.78 is 16.2. The maximum absolute atomic E-state index is 12.0. The van der Waals surface area contributed by atoms with Crippen LogP contribution in [0.5, 0.6) is 17.2 Å². The topological polar surface area (TPSA) is 44.8 Å². The number of methoxy groups -OCH3 is 1. The van der Waals surface area contributed by atoms with Crippen molar-refractivity contribution in [1.82, 2.24) is 0 Å². The lowest BCUT2D eigenvalue weighted by atomic mass is 10.1. The van der Waals surface area contributed by atoms with Gasteiger partial charge in [0.25, 0.3) is 0 Å². The smallest absolute Gasteiger partial charge is 0.336 e. The van der Waals surface area contributed by atoms with E-state index in [1.165, 1.54) is 63.9 Å². The number of rotatable bonds is 16. The molecule has 0 fully saturated rings. The van der Waals surface area contributed by atoms with Gasteiger partial charge in [0.1, 0.15) is 17.2 Å². The van der Waals surface area contributed by atoms with Crippen LogP contribution in [0.3, 0.4) is 0 Å². The van der Waals surface area contributed by atoms with Crippen molar-refractivity contribution in [2.75, 3.05) is 13.7 Å². The first-order chi connectivity index (χ1) is 15.7. The Morgan fingerprint density at radius 1 is 0.719 bits per heavy atom. The standard InChI is InChI=1S/C28H38O4/c1-3-4-5-6-7-8-9-10-11-12-23-31-26-16-13-24(14-17-26)15-22-28(29)32-27-20-18-25(30-2)19-21-27/h13-22H,3-12,23H2,1-2H3/b22-15+. The van der Waals surface area contributed by atoms with Crippen molar-refractivity contribution in [3.05, 3.63) is 60.2 Å². The van der Waals surface area contributed by atoms with Gasteiger partial charge in [-0.2, -0.15) is 0 Å². The molecular weight excluding hydrogens is 400 g/mol. The SMILES string of the molecule is CCCCCCCCCCCCOc1ccc(/C=C/C(=O)Oc2ccc(OC)cc2)cc1. The molecule has 4 heteroatoms. The zero-order chi connectivity index (χ0) is 22.9. The fourth-order valence-electron chi connectivity index (χ4n) is 3.41. The molecule has 2 aromatic rings. The lowest BCUT2D eigenvalue weighted by Crippen LogP contribution is -2.03. The molecule has 0 radical (unpaired) electrons. The first kappa shape index (κ1) is 25.5. The lowest BCUT2D eigenvalue weighted by Gasteiger charge is -2.06. The molecule has 2 rings (SSSR count). The average Bonchev–Trinajstić information content (AvgIpc) is 2.82. The molecule has 2 aromatic carbocycles. The summed E-state index contributed by atoms with van der Waals surface area (Å²) in [5.41, 5.74) is 0.919. The highest BCUT2D eigenvalue weighted by Gasteiger charge is 2.01. The van der Waals surface area contributed by atoms with Crippen molar-refractivity contribution in [2.45, 2.75) is 71.1 Å². The van der Waals surface area contributed by atoms with Gasteiger partial charge in [-0.25, -0.2) is 4.79 Å². The molecule has 0 saturated heterocycles. The van der Waals surface area contributed by atoms with Gasteiger partial charge in [0.05, 0.1) is 13.7 Å². The molecule has 0 saturated carbocycles. The predicted octanol–water partition coefficient (Wildman–Crippen LogP) is 7.61. The molecule has 0 aliphatic rings. The van der Waals surface area contributed by atoms with Crippen molar-refractivity contribution < 1.29 is 19.0 Å². The fraction of sp³-hybridized carbons (Fsp3) is 0.464. The molecule has 0 unspecified atom stereocenters. The van der Waals surface area contributed by atoms with E-state index in [2.05, 4.69) is 6.92 Å². The third kappa shape index (κ3) is 11.0. The number of ether oxygens (including phenoxy) is 3. The van der Waals surface area contributed by atoms with Gasteiger partial charge in [0, 0.05) is 6.08 Å². The van der Waals surface area contributed by atoms with E-state index in [0.717, 1.165) is 30.1 Å². The van der Waals surface area contributed by atoms with Gasteiger partial charge < -0.3 is 14.2 Å². The molecule has 0 spiro atoms. The van der Waals surface area contributed by atoms with Crippen LogP contribution in [-0.4, -0.2) is 19.7 Å². The Bertz CT molecular complexity index is 778. The van der Waals surface area contributed by atoms with Crippen LogP contribution in [-0.2, 0) is 4.79 Å². The normalized spacial score (nSPS) is 10.9. The maximum atomic E-state index is 12.0. The van der Waals surface area contributed by atoms with E-state index >= 15 is 0 Å². The molecule has 0 aliphatic carbocycles. The van der Waals surface area contributed by atoms with E-state index in [0.29, 0.717) is 5.75 Å². The van der Waals surface area contributed by atoms with Gasteiger partial charge >= 0.3 is 5.97 Å². The minimum Gasteiger partial charge on any atom is -0.497 e. The number of hydrogen-bond donors (Lipinski definition) is 0. The fourth-order valence-corrected chi connectivity index (χ4v) is 3.41. The minimum absolute atomic E-state index is 0.420. The molecule has 4 nitrogen and oxygen atoms in total. The largest absolute Gasteiger partial charge is 0.497 e. The summed E-state index contributed by atoms with van der Waals surface area (Å²) in [7, 11) is 1.60. The summed E-state index contributed by atoms with van der Waals surface area (Å²) >= 11 is 0. The van der Waals surface area contributed by atoms with Gasteiger partial charge in [0.15, 0.2) is 0 Å². The van der Waals surface area contributed by atoms with Crippen molar-refractivity contribution >= 4 is 12.0 Å². The van der Waals surface area contributed by atoms with Gasteiger partial charge in [0.2, 0.25) is 0 Å². The predicted molar refractivity (Wildman–Crippen MR) is 131 cm³/mol. The summed E-state index contributed by atoms with van der Waals surface area (Å²) in [6, 6.07) is 14.6.